The summed E-state index contributed by atoms with van der Waals surface area (Å²) in [7, 11) is 0. The van der Waals surface area contributed by atoms with Crippen molar-refractivity contribution in [2.45, 2.75) is 62.3 Å². The van der Waals surface area contributed by atoms with Crippen LogP contribution in [0.5, 0.6) is 0 Å². The third kappa shape index (κ3) is 2.10. The standard InChI is InChI=1S/C16H21NO4/c18-15(13-3-1-7-20-13)17-11-5-6-12(17)10-16(19,9-11)14-4-2-8-21-14/h2,4,8,11-13,19H,1,3,5-7,9-10H2. The van der Waals surface area contributed by atoms with Crippen molar-refractivity contribution in [3.63, 3.8) is 0 Å². The van der Waals surface area contributed by atoms with Crippen LogP contribution in [0.15, 0.2) is 22.8 Å². The summed E-state index contributed by atoms with van der Waals surface area (Å²) in [5.74, 6) is 0.755. The molecule has 3 aliphatic rings. The maximum atomic E-state index is 12.7. The molecule has 21 heavy (non-hydrogen) atoms. The third-order valence-corrected chi connectivity index (χ3v) is 5.21. The van der Waals surface area contributed by atoms with Crippen LogP contribution in [0.1, 0.15) is 44.3 Å². The van der Waals surface area contributed by atoms with Gasteiger partial charge in [0.15, 0.2) is 0 Å². The van der Waals surface area contributed by atoms with Gasteiger partial charge in [-0.1, -0.05) is 0 Å². The highest BCUT2D eigenvalue weighted by Crippen LogP contribution is 2.46. The summed E-state index contributed by atoms with van der Waals surface area (Å²) >= 11 is 0. The van der Waals surface area contributed by atoms with E-state index in [0.717, 1.165) is 25.7 Å². The Hall–Kier alpha value is -1.33. The van der Waals surface area contributed by atoms with Gasteiger partial charge < -0.3 is 19.2 Å². The zero-order valence-electron chi connectivity index (χ0n) is 12.0. The minimum Gasteiger partial charge on any atom is -0.466 e. The number of carbonyl (C=O) groups excluding carboxylic acids is 1. The molecule has 0 saturated carbocycles. The van der Waals surface area contributed by atoms with Crippen LogP contribution in [0.25, 0.3) is 0 Å². The van der Waals surface area contributed by atoms with Gasteiger partial charge in [-0.2, -0.15) is 0 Å². The van der Waals surface area contributed by atoms with Crippen LogP contribution in [0.3, 0.4) is 0 Å². The minimum atomic E-state index is -0.928. The molecule has 3 saturated heterocycles. The predicted molar refractivity (Wildman–Crippen MR) is 74.5 cm³/mol. The topological polar surface area (TPSA) is 62.9 Å². The van der Waals surface area contributed by atoms with E-state index in [1.165, 1.54) is 0 Å². The molecule has 0 aromatic carbocycles. The Bertz CT molecular complexity index is 506. The molecule has 3 atom stereocenters. The summed E-state index contributed by atoms with van der Waals surface area (Å²) in [6.07, 6.45) is 6.19. The molecule has 0 radical (unpaired) electrons. The first-order chi connectivity index (χ1) is 10.2. The Kier molecular flexibility index (Phi) is 3.08. The van der Waals surface area contributed by atoms with E-state index in [9.17, 15) is 9.90 Å². The van der Waals surface area contributed by atoms with Gasteiger partial charge in [0.2, 0.25) is 0 Å². The van der Waals surface area contributed by atoms with E-state index in [1.54, 1.807) is 12.3 Å². The molecule has 114 valence electrons. The molecule has 1 amide bonds. The van der Waals surface area contributed by atoms with Crippen molar-refractivity contribution < 1.29 is 19.1 Å². The van der Waals surface area contributed by atoms with Gasteiger partial charge in [0.1, 0.15) is 17.5 Å². The molecule has 5 nitrogen and oxygen atoms in total. The average Bonchev–Trinajstić information content (AvgIpc) is 3.18. The summed E-state index contributed by atoms with van der Waals surface area (Å²) in [5.41, 5.74) is -0.928. The van der Waals surface area contributed by atoms with Crippen molar-refractivity contribution in [2.24, 2.45) is 0 Å². The quantitative estimate of drug-likeness (QED) is 0.902. The van der Waals surface area contributed by atoms with Gasteiger partial charge in [-0.05, 0) is 37.8 Å². The Morgan fingerprint density at radius 1 is 1.29 bits per heavy atom. The fourth-order valence-corrected chi connectivity index (χ4v) is 4.27. The number of nitrogens with zero attached hydrogens (tertiary/aromatic N) is 1. The summed E-state index contributed by atoms with van der Waals surface area (Å²) in [6, 6.07) is 3.85. The van der Waals surface area contributed by atoms with Crippen LogP contribution in [-0.2, 0) is 15.1 Å². The average molecular weight is 291 g/mol. The van der Waals surface area contributed by atoms with Crippen LogP contribution < -0.4 is 0 Å². The molecular weight excluding hydrogens is 270 g/mol. The van der Waals surface area contributed by atoms with Gasteiger partial charge in [-0.3, -0.25) is 4.79 Å². The zero-order chi connectivity index (χ0) is 14.4. The molecule has 4 heterocycles. The monoisotopic (exact) mass is 291 g/mol. The van der Waals surface area contributed by atoms with E-state index < -0.39 is 5.60 Å². The van der Waals surface area contributed by atoms with Crippen molar-refractivity contribution >= 4 is 5.91 Å². The van der Waals surface area contributed by atoms with E-state index in [4.69, 9.17) is 9.15 Å². The lowest BCUT2D eigenvalue weighted by molar-refractivity contribution is -0.152. The van der Waals surface area contributed by atoms with E-state index >= 15 is 0 Å². The molecule has 3 unspecified atom stereocenters. The molecule has 0 aliphatic carbocycles. The number of hydrogen-bond donors (Lipinski definition) is 1. The lowest BCUT2D eigenvalue weighted by Crippen LogP contribution is -2.54. The second-order valence-corrected chi connectivity index (χ2v) is 6.55. The van der Waals surface area contributed by atoms with Crippen molar-refractivity contribution in [3.8, 4) is 0 Å². The molecule has 1 N–H and O–H groups in total. The molecule has 3 fully saturated rings. The number of piperidine rings is 1. The number of amides is 1. The molecule has 4 rings (SSSR count). The van der Waals surface area contributed by atoms with Crippen molar-refractivity contribution in [1.29, 1.82) is 0 Å². The molecule has 3 aliphatic heterocycles. The maximum Gasteiger partial charge on any atom is 0.252 e. The number of fused-ring (bicyclic) bond motifs is 2. The second-order valence-electron chi connectivity index (χ2n) is 6.55. The van der Waals surface area contributed by atoms with Crippen LogP contribution in [0.2, 0.25) is 0 Å². The first-order valence-electron chi connectivity index (χ1n) is 7.87. The number of carbonyl (C=O) groups is 1. The van der Waals surface area contributed by atoms with E-state index in [1.807, 2.05) is 11.0 Å². The highest BCUT2D eigenvalue weighted by atomic mass is 16.5. The molecule has 2 bridgehead atoms. The largest absolute Gasteiger partial charge is 0.466 e. The van der Waals surface area contributed by atoms with Gasteiger partial charge in [-0.25, -0.2) is 0 Å². The lowest BCUT2D eigenvalue weighted by Gasteiger charge is -2.43. The van der Waals surface area contributed by atoms with Crippen molar-refractivity contribution in [2.75, 3.05) is 6.61 Å². The Morgan fingerprint density at radius 3 is 2.62 bits per heavy atom. The third-order valence-electron chi connectivity index (χ3n) is 5.21. The van der Waals surface area contributed by atoms with Gasteiger partial charge >= 0.3 is 0 Å². The molecule has 1 aromatic rings. The normalized spacial score (nSPS) is 38.9. The summed E-state index contributed by atoms with van der Waals surface area (Å²) in [5, 5.41) is 10.9. The van der Waals surface area contributed by atoms with Gasteiger partial charge in [0.05, 0.1) is 6.26 Å². The number of hydrogen-bond acceptors (Lipinski definition) is 4. The Labute approximate surface area is 123 Å². The predicted octanol–water partition coefficient (Wildman–Crippen LogP) is 1.80. The number of furan rings is 1. The minimum absolute atomic E-state index is 0.107. The maximum absolute atomic E-state index is 12.7. The van der Waals surface area contributed by atoms with Crippen LogP contribution in [0, 0.1) is 0 Å². The first-order valence-corrected chi connectivity index (χ1v) is 7.87. The van der Waals surface area contributed by atoms with E-state index in [-0.39, 0.29) is 24.1 Å². The van der Waals surface area contributed by atoms with Crippen molar-refractivity contribution in [1.82, 2.24) is 4.90 Å². The molecular formula is C16H21NO4. The Balaban J connectivity index is 1.55. The number of rotatable bonds is 2. The van der Waals surface area contributed by atoms with Gasteiger partial charge in [0.25, 0.3) is 5.91 Å². The van der Waals surface area contributed by atoms with Crippen LogP contribution in [-0.4, -0.2) is 40.7 Å². The SMILES string of the molecule is O=C(C1CCCO1)N1C2CCC1CC(O)(c1ccco1)C2. The summed E-state index contributed by atoms with van der Waals surface area (Å²) in [4.78, 5) is 14.6. The molecule has 5 heteroatoms. The molecule has 0 spiro atoms. The van der Waals surface area contributed by atoms with E-state index in [2.05, 4.69) is 0 Å². The highest BCUT2D eigenvalue weighted by molar-refractivity contribution is 5.82. The number of ether oxygens (including phenoxy) is 1. The van der Waals surface area contributed by atoms with Crippen LogP contribution in [0.4, 0.5) is 0 Å². The fraction of sp³-hybridized carbons (Fsp3) is 0.688. The lowest BCUT2D eigenvalue weighted by atomic mass is 9.84. The second kappa shape index (κ2) is 4.85. The van der Waals surface area contributed by atoms with E-state index in [0.29, 0.717) is 25.2 Å². The summed E-state index contributed by atoms with van der Waals surface area (Å²) < 4.78 is 11.0. The highest BCUT2D eigenvalue weighted by Gasteiger charge is 2.52. The van der Waals surface area contributed by atoms with Crippen molar-refractivity contribution in [3.05, 3.63) is 24.2 Å². The number of aliphatic hydroxyl groups is 1. The van der Waals surface area contributed by atoms with Gasteiger partial charge in [-0.15, -0.1) is 0 Å². The fourth-order valence-electron chi connectivity index (χ4n) is 4.27. The zero-order valence-corrected chi connectivity index (χ0v) is 12.0. The first kappa shape index (κ1) is 13.3. The van der Waals surface area contributed by atoms with Gasteiger partial charge in [0, 0.05) is 31.5 Å². The summed E-state index contributed by atoms with van der Waals surface area (Å²) in [6.45, 7) is 0.690. The molecule has 1 aromatic heterocycles. The Morgan fingerprint density at radius 2 is 2.05 bits per heavy atom. The van der Waals surface area contributed by atoms with Crippen LogP contribution >= 0.6 is 0 Å². The smallest absolute Gasteiger partial charge is 0.252 e.